The van der Waals surface area contributed by atoms with E-state index >= 15 is 0 Å². The standard InChI is InChI=1S/C16H21N3O2/c1-11(2)5-4-10-17-15(20)13-6-8-14(9-7-13)16-18-12(3)19-21-16/h6-9,11H,4-5,10H2,1-3H3,(H,17,20). The molecule has 0 spiro atoms. The van der Waals surface area contributed by atoms with Crippen LogP contribution in [0.15, 0.2) is 28.8 Å². The van der Waals surface area contributed by atoms with Crippen molar-refractivity contribution in [2.45, 2.75) is 33.6 Å². The lowest BCUT2D eigenvalue weighted by atomic mass is 10.1. The highest BCUT2D eigenvalue weighted by atomic mass is 16.5. The maximum atomic E-state index is 12.0. The van der Waals surface area contributed by atoms with Crippen LogP contribution in [0.25, 0.3) is 11.5 Å². The van der Waals surface area contributed by atoms with Crippen LogP contribution >= 0.6 is 0 Å². The van der Waals surface area contributed by atoms with Gasteiger partial charge < -0.3 is 9.84 Å². The Morgan fingerprint density at radius 1 is 1.29 bits per heavy atom. The zero-order valence-corrected chi connectivity index (χ0v) is 12.7. The number of hydrogen-bond donors (Lipinski definition) is 1. The van der Waals surface area contributed by atoms with E-state index in [1.54, 1.807) is 19.1 Å². The van der Waals surface area contributed by atoms with E-state index in [-0.39, 0.29) is 5.91 Å². The van der Waals surface area contributed by atoms with E-state index in [1.807, 2.05) is 12.1 Å². The van der Waals surface area contributed by atoms with Gasteiger partial charge in [-0.15, -0.1) is 0 Å². The molecule has 0 radical (unpaired) electrons. The van der Waals surface area contributed by atoms with Crippen molar-refractivity contribution in [1.29, 1.82) is 0 Å². The predicted molar refractivity (Wildman–Crippen MR) is 80.9 cm³/mol. The first-order valence-corrected chi connectivity index (χ1v) is 7.25. The molecule has 1 heterocycles. The Morgan fingerprint density at radius 2 is 2.00 bits per heavy atom. The first-order valence-electron chi connectivity index (χ1n) is 7.25. The molecule has 1 aromatic carbocycles. The molecule has 1 N–H and O–H groups in total. The maximum Gasteiger partial charge on any atom is 0.257 e. The number of carbonyl (C=O) groups is 1. The van der Waals surface area contributed by atoms with Crippen LogP contribution in [0.1, 0.15) is 42.9 Å². The van der Waals surface area contributed by atoms with Crippen molar-refractivity contribution in [2.24, 2.45) is 5.92 Å². The third-order valence-corrected chi connectivity index (χ3v) is 3.17. The van der Waals surface area contributed by atoms with Crippen LogP contribution in [-0.2, 0) is 0 Å². The first kappa shape index (κ1) is 15.2. The summed E-state index contributed by atoms with van der Waals surface area (Å²) in [6.07, 6.45) is 2.12. The van der Waals surface area contributed by atoms with Crippen LogP contribution in [-0.4, -0.2) is 22.6 Å². The monoisotopic (exact) mass is 287 g/mol. The van der Waals surface area contributed by atoms with Crippen molar-refractivity contribution in [1.82, 2.24) is 15.5 Å². The molecule has 5 nitrogen and oxygen atoms in total. The highest BCUT2D eigenvalue weighted by Gasteiger charge is 2.09. The quantitative estimate of drug-likeness (QED) is 0.828. The normalized spacial score (nSPS) is 10.9. The van der Waals surface area contributed by atoms with Crippen molar-refractivity contribution in [3.63, 3.8) is 0 Å². The van der Waals surface area contributed by atoms with Crippen LogP contribution in [0.3, 0.4) is 0 Å². The van der Waals surface area contributed by atoms with Gasteiger partial charge in [0, 0.05) is 17.7 Å². The molecule has 21 heavy (non-hydrogen) atoms. The topological polar surface area (TPSA) is 68.0 Å². The van der Waals surface area contributed by atoms with Crippen LogP contribution in [0.4, 0.5) is 0 Å². The Balaban J connectivity index is 1.91. The molecule has 0 aliphatic rings. The van der Waals surface area contributed by atoms with Gasteiger partial charge in [0.1, 0.15) is 0 Å². The average molecular weight is 287 g/mol. The van der Waals surface area contributed by atoms with Gasteiger partial charge in [-0.2, -0.15) is 4.98 Å². The third kappa shape index (κ3) is 4.41. The van der Waals surface area contributed by atoms with Crippen molar-refractivity contribution >= 4 is 5.91 Å². The van der Waals surface area contributed by atoms with Gasteiger partial charge >= 0.3 is 0 Å². The number of aromatic nitrogens is 2. The Morgan fingerprint density at radius 3 is 2.57 bits per heavy atom. The largest absolute Gasteiger partial charge is 0.352 e. The SMILES string of the molecule is Cc1noc(-c2ccc(C(=O)NCCCC(C)C)cc2)n1. The minimum Gasteiger partial charge on any atom is -0.352 e. The number of rotatable bonds is 6. The fraction of sp³-hybridized carbons (Fsp3) is 0.438. The summed E-state index contributed by atoms with van der Waals surface area (Å²) < 4.78 is 5.09. The second-order valence-corrected chi connectivity index (χ2v) is 5.52. The zero-order chi connectivity index (χ0) is 15.2. The highest BCUT2D eigenvalue weighted by molar-refractivity contribution is 5.94. The summed E-state index contributed by atoms with van der Waals surface area (Å²) in [6, 6.07) is 7.17. The predicted octanol–water partition coefficient (Wildman–Crippen LogP) is 3.21. The van der Waals surface area contributed by atoms with Gasteiger partial charge in [0.25, 0.3) is 11.8 Å². The molecule has 1 aromatic heterocycles. The molecule has 1 amide bonds. The van der Waals surface area contributed by atoms with Gasteiger partial charge in [0.2, 0.25) is 0 Å². The number of carbonyl (C=O) groups excluding carboxylic acids is 1. The van der Waals surface area contributed by atoms with E-state index in [4.69, 9.17) is 4.52 Å². The molecule has 5 heteroatoms. The number of benzene rings is 1. The smallest absolute Gasteiger partial charge is 0.257 e. The van der Waals surface area contributed by atoms with Gasteiger partial charge in [-0.1, -0.05) is 19.0 Å². The van der Waals surface area contributed by atoms with Gasteiger partial charge in [0.05, 0.1) is 0 Å². The molecule has 0 fully saturated rings. The van der Waals surface area contributed by atoms with E-state index in [1.165, 1.54) is 0 Å². The van der Waals surface area contributed by atoms with Crippen molar-refractivity contribution < 1.29 is 9.32 Å². The molecule has 0 bridgehead atoms. The van der Waals surface area contributed by atoms with Crippen LogP contribution in [0.2, 0.25) is 0 Å². The summed E-state index contributed by atoms with van der Waals surface area (Å²) in [6.45, 7) is 6.84. The maximum absolute atomic E-state index is 12.0. The molecule has 0 unspecified atom stereocenters. The number of amides is 1. The molecule has 0 saturated heterocycles. The third-order valence-electron chi connectivity index (χ3n) is 3.17. The second kappa shape index (κ2) is 7.02. The summed E-state index contributed by atoms with van der Waals surface area (Å²) in [4.78, 5) is 16.1. The summed E-state index contributed by atoms with van der Waals surface area (Å²) in [5, 5.41) is 6.68. The molecule has 0 aliphatic heterocycles. The molecule has 2 rings (SSSR count). The van der Waals surface area contributed by atoms with Crippen LogP contribution < -0.4 is 5.32 Å². The number of hydrogen-bond acceptors (Lipinski definition) is 4. The Labute approximate surface area is 124 Å². The fourth-order valence-corrected chi connectivity index (χ4v) is 1.99. The van der Waals surface area contributed by atoms with Gasteiger partial charge in [-0.3, -0.25) is 4.79 Å². The van der Waals surface area contributed by atoms with Crippen LogP contribution in [0.5, 0.6) is 0 Å². The lowest BCUT2D eigenvalue weighted by molar-refractivity contribution is 0.0952. The van der Waals surface area contributed by atoms with Gasteiger partial charge in [-0.05, 0) is 49.9 Å². The second-order valence-electron chi connectivity index (χ2n) is 5.52. The molecule has 112 valence electrons. The minimum absolute atomic E-state index is 0.0491. The molecular weight excluding hydrogens is 266 g/mol. The van der Waals surface area contributed by atoms with Gasteiger partial charge in [-0.25, -0.2) is 0 Å². The minimum atomic E-state index is -0.0491. The highest BCUT2D eigenvalue weighted by Crippen LogP contribution is 2.17. The molecular formula is C16H21N3O2. The van der Waals surface area contributed by atoms with E-state index < -0.39 is 0 Å². The summed E-state index contributed by atoms with van der Waals surface area (Å²) in [5.74, 6) is 1.68. The van der Waals surface area contributed by atoms with Crippen LogP contribution in [0, 0.1) is 12.8 Å². The molecule has 0 aliphatic carbocycles. The first-order chi connectivity index (χ1) is 10.1. The number of nitrogens with zero attached hydrogens (tertiary/aromatic N) is 2. The van der Waals surface area contributed by atoms with Crippen molar-refractivity contribution in [3.8, 4) is 11.5 Å². The van der Waals surface area contributed by atoms with E-state index in [2.05, 4.69) is 29.3 Å². The Kier molecular flexibility index (Phi) is 5.09. The van der Waals surface area contributed by atoms with Gasteiger partial charge in [0.15, 0.2) is 5.82 Å². The van der Waals surface area contributed by atoms with Crippen molar-refractivity contribution in [2.75, 3.05) is 6.54 Å². The summed E-state index contributed by atoms with van der Waals surface area (Å²) >= 11 is 0. The molecule has 2 aromatic rings. The lowest BCUT2D eigenvalue weighted by Crippen LogP contribution is -2.24. The van der Waals surface area contributed by atoms with Crippen molar-refractivity contribution in [3.05, 3.63) is 35.7 Å². The summed E-state index contributed by atoms with van der Waals surface area (Å²) in [7, 11) is 0. The van der Waals surface area contributed by atoms with E-state index in [0.29, 0.717) is 29.7 Å². The fourth-order valence-electron chi connectivity index (χ4n) is 1.99. The van der Waals surface area contributed by atoms with E-state index in [0.717, 1.165) is 18.4 Å². The Hall–Kier alpha value is -2.17. The zero-order valence-electron chi connectivity index (χ0n) is 12.7. The Bertz CT molecular complexity index is 588. The molecule has 0 saturated carbocycles. The number of aryl methyl sites for hydroxylation is 1. The average Bonchev–Trinajstić information content (AvgIpc) is 2.90. The lowest BCUT2D eigenvalue weighted by Gasteiger charge is -2.07. The van der Waals surface area contributed by atoms with E-state index in [9.17, 15) is 4.79 Å². The summed E-state index contributed by atoms with van der Waals surface area (Å²) in [5.41, 5.74) is 1.45. The molecule has 0 atom stereocenters. The number of nitrogens with one attached hydrogen (secondary N) is 1.